The molecule has 2 aromatic rings. The summed E-state index contributed by atoms with van der Waals surface area (Å²) in [5.41, 5.74) is 7.05. The van der Waals surface area contributed by atoms with Gasteiger partial charge in [-0.15, -0.1) is 11.8 Å². The van der Waals surface area contributed by atoms with Crippen molar-refractivity contribution in [3.8, 4) is 0 Å². The average Bonchev–Trinajstić information content (AvgIpc) is 2.68. The number of aromatic nitrogens is 2. The van der Waals surface area contributed by atoms with E-state index in [4.69, 9.17) is 17.3 Å². The van der Waals surface area contributed by atoms with Crippen molar-refractivity contribution in [2.75, 3.05) is 11.5 Å². The minimum Gasteiger partial charge on any atom is -0.384 e. The molecule has 0 aliphatic rings. The van der Waals surface area contributed by atoms with Gasteiger partial charge >= 0.3 is 0 Å². The lowest BCUT2D eigenvalue weighted by Gasteiger charge is -2.04. The first-order valence-electron chi connectivity index (χ1n) is 5.89. The van der Waals surface area contributed by atoms with Gasteiger partial charge in [0.2, 0.25) is 0 Å². The van der Waals surface area contributed by atoms with E-state index in [-0.39, 0.29) is 0 Å². The molecule has 5 heteroatoms. The molecule has 1 heterocycles. The van der Waals surface area contributed by atoms with Crippen LogP contribution in [-0.4, -0.2) is 15.5 Å². The molecule has 1 aromatic heterocycles. The summed E-state index contributed by atoms with van der Waals surface area (Å²) in [4.78, 5) is 0. The van der Waals surface area contributed by atoms with E-state index < -0.39 is 0 Å². The number of halogens is 1. The molecule has 0 saturated carbocycles. The minimum atomic E-state index is 0.652. The van der Waals surface area contributed by atoms with E-state index >= 15 is 0 Å². The summed E-state index contributed by atoms with van der Waals surface area (Å²) in [7, 11) is 0. The van der Waals surface area contributed by atoms with Gasteiger partial charge in [0.1, 0.15) is 10.8 Å². The van der Waals surface area contributed by atoms with Gasteiger partial charge in [0.25, 0.3) is 0 Å². The van der Waals surface area contributed by atoms with Gasteiger partial charge in [0.15, 0.2) is 0 Å². The third-order valence-corrected chi connectivity index (χ3v) is 3.81. The van der Waals surface area contributed by atoms with Gasteiger partial charge in [0, 0.05) is 11.1 Å². The van der Waals surface area contributed by atoms with Crippen molar-refractivity contribution in [2.45, 2.75) is 24.9 Å². The Morgan fingerprint density at radius 1 is 1.39 bits per heavy atom. The van der Waals surface area contributed by atoms with Gasteiger partial charge in [-0.2, -0.15) is 5.10 Å². The zero-order chi connectivity index (χ0) is 13.0. The third-order valence-electron chi connectivity index (χ3n) is 2.46. The van der Waals surface area contributed by atoms with Gasteiger partial charge in [-0.3, -0.25) is 0 Å². The first kappa shape index (κ1) is 13.3. The highest BCUT2D eigenvalue weighted by molar-refractivity contribution is 7.99. The van der Waals surface area contributed by atoms with E-state index in [9.17, 15) is 0 Å². The lowest BCUT2D eigenvalue weighted by Crippen LogP contribution is -2.05. The second-order valence-electron chi connectivity index (χ2n) is 4.04. The van der Waals surface area contributed by atoms with Crippen molar-refractivity contribution >= 4 is 29.2 Å². The molecular weight excluding hydrogens is 266 g/mol. The Balaban J connectivity index is 2.11. The molecule has 0 aliphatic heterocycles. The van der Waals surface area contributed by atoms with Crippen molar-refractivity contribution in [1.29, 1.82) is 0 Å². The van der Waals surface area contributed by atoms with E-state index in [0.29, 0.717) is 12.4 Å². The zero-order valence-electron chi connectivity index (χ0n) is 10.3. The largest absolute Gasteiger partial charge is 0.384 e. The maximum Gasteiger partial charge on any atom is 0.123 e. The minimum absolute atomic E-state index is 0.652. The van der Waals surface area contributed by atoms with Crippen LogP contribution in [0.4, 0.5) is 5.82 Å². The second kappa shape index (κ2) is 6.16. The van der Waals surface area contributed by atoms with Crippen LogP contribution >= 0.6 is 23.4 Å². The van der Waals surface area contributed by atoms with Gasteiger partial charge in [-0.1, -0.05) is 30.7 Å². The number of nitrogens with zero attached hydrogens (tertiary/aromatic N) is 2. The van der Waals surface area contributed by atoms with Crippen LogP contribution in [-0.2, 0) is 6.54 Å². The number of hydrogen-bond acceptors (Lipinski definition) is 3. The SMILES string of the molecule is CCCSc1cc(N)n(Cc2cccc(Cl)c2)n1. The Bertz CT molecular complexity index is 525. The maximum absolute atomic E-state index is 5.96. The highest BCUT2D eigenvalue weighted by Gasteiger charge is 2.06. The fourth-order valence-electron chi connectivity index (χ4n) is 1.62. The number of nitrogen functional groups attached to an aromatic ring is 1. The number of rotatable bonds is 5. The van der Waals surface area contributed by atoms with E-state index in [1.54, 1.807) is 11.8 Å². The summed E-state index contributed by atoms with van der Waals surface area (Å²) in [6.45, 7) is 2.80. The van der Waals surface area contributed by atoms with Crippen LogP contribution in [0.25, 0.3) is 0 Å². The van der Waals surface area contributed by atoms with Crippen LogP contribution in [0.1, 0.15) is 18.9 Å². The summed E-state index contributed by atoms with van der Waals surface area (Å²) in [6.07, 6.45) is 1.13. The predicted octanol–water partition coefficient (Wildman–Crippen LogP) is 3.67. The van der Waals surface area contributed by atoms with Gasteiger partial charge in [0.05, 0.1) is 6.54 Å². The van der Waals surface area contributed by atoms with E-state index in [1.165, 1.54) is 0 Å². The number of thioether (sulfide) groups is 1. The predicted molar refractivity (Wildman–Crippen MR) is 78.2 cm³/mol. The Kier molecular flexibility index (Phi) is 4.55. The standard InChI is InChI=1S/C13H16ClN3S/c1-2-6-18-13-8-12(15)17(16-13)9-10-4-3-5-11(14)7-10/h3-5,7-8H,2,6,9,15H2,1H3. The van der Waals surface area contributed by atoms with E-state index in [2.05, 4.69) is 12.0 Å². The van der Waals surface area contributed by atoms with Crippen molar-refractivity contribution in [1.82, 2.24) is 9.78 Å². The first-order chi connectivity index (χ1) is 8.69. The van der Waals surface area contributed by atoms with Gasteiger partial charge in [-0.05, 0) is 29.9 Å². The van der Waals surface area contributed by atoms with Crippen LogP contribution in [0.3, 0.4) is 0 Å². The molecule has 0 spiro atoms. The molecule has 3 nitrogen and oxygen atoms in total. The molecule has 0 fully saturated rings. The maximum atomic E-state index is 5.96. The molecule has 18 heavy (non-hydrogen) atoms. The molecule has 0 unspecified atom stereocenters. The normalized spacial score (nSPS) is 10.8. The first-order valence-corrected chi connectivity index (χ1v) is 7.26. The van der Waals surface area contributed by atoms with Crippen LogP contribution in [0.5, 0.6) is 0 Å². The summed E-state index contributed by atoms with van der Waals surface area (Å²) in [5, 5.41) is 6.20. The molecule has 0 aliphatic carbocycles. The van der Waals surface area contributed by atoms with Gasteiger partial charge in [-0.25, -0.2) is 4.68 Å². The topological polar surface area (TPSA) is 43.8 Å². The lowest BCUT2D eigenvalue weighted by atomic mass is 10.2. The molecule has 0 atom stereocenters. The molecule has 0 bridgehead atoms. The number of nitrogens with two attached hydrogens (primary N) is 1. The number of hydrogen-bond donors (Lipinski definition) is 1. The van der Waals surface area contributed by atoms with Crippen LogP contribution in [0.15, 0.2) is 35.4 Å². The third kappa shape index (κ3) is 3.43. The molecule has 2 rings (SSSR count). The summed E-state index contributed by atoms with van der Waals surface area (Å²) >= 11 is 7.69. The van der Waals surface area contributed by atoms with Crippen LogP contribution < -0.4 is 5.73 Å². The fraction of sp³-hybridized carbons (Fsp3) is 0.308. The van der Waals surface area contributed by atoms with Crippen LogP contribution in [0.2, 0.25) is 5.02 Å². The average molecular weight is 282 g/mol. The molecule has 0 saturated heterocycles. The van der Waals surface area contributed by atoms with Crippen molar-refractivity contribution in [2.24, 2.45) is 0 Å². The lowest BCUT2D eigenvalue weighted by molar-refractivity contribution is 0.675. The summed E-state index contributed by atoms with van der Waals surface area (Å²) in [6, 6.07) is 9.67. The quantitative estimate of drug-likeness (QED) is 0.851. The monoisotopic (exact) mass is 281 g/mol. The van der Waals surface area contributed by atoms with Crippen molar-refractivity contribution in [3.63, 3.8) is 0 Å². The molecule has 0 radical (unpaired) electrons. The van der Waals surface area contributed by atoms with Crippen LogP contribution in [0, 0.1) is 0 Å². The van der Waals surface area contributed by atoms with Gasteiger partial charge < -0.3 is 5.73 Å². The van der Waals surface area contributed by atoms with E-state index in [1.807, 2.05) is 35.0 Å². The molecule has 96 valence electrons. The van der Waals surface area contributed by atoms with E-state index in [0.717, 1.165) is 27.8 Å². The Labute approximate surface area is 116 Å². The number of benzene rings is 1. The summed E-state index contributed by atoms with van der Waals surface area (Å²) < 4.78 is 1.81. The highest BCUT2D eigenvalue weighted by Crippen LogP contribution is 2.21. The smallest absolute Gasteiger partial charge is 0.123 e. The molecule has 1 aromatic carbocycles. The highest BCUT2D eigenvalue weighted by atomic mass is 35.5. The number of anilines is 1. The zero-order valence-corrected chi connectivity index (χ0v) is 11.8. The Hall–Kier alpha value is -1.13. The molecule has 0 amide bonds. The van der Waals surface area contributed by atoms with Crippen molar-refractivity contribution in [3.05, 3.63) is 40.9 Å². The summed E-state index contributed by atoms with van der Waals surface area (Å²) in [5.74, 6) is 1.75. The Morgan fingerprint density at radius 2 is 2.22 bits per heavy atom. The second-order valence-corrected chi connectivity index (χ2v) is 5.60. The molecule has 2 N–H and O–H groups in total. The molecular formula is C13H16ClN3S. The fourth-order valence-corrected chi connectivity index (χ4v) is 2.61. The van der Waals surface area contributed by atoms with Crippen molar-refractivity contribution < 1.29 is 0 Å². The Morgan fingerprint density at radius 3 is 2.94 bits per heavy atom.